The van der Waals surface area contributed by atoms with Crippen LogP contribution in [0.3, 0.4) is 0 Å². The summed E-state index contributed by atoms with van der Waals surface area (Å²) in [5, 5.41) is 5.63. The number of rotatable bonds is 8. The molecule has 0 radical (unpaired) electrons. The van der Waals surface area contributed by atoms with Crippen LogP contribution in [0.15, 0.2) is 69.9 Å². The maximum Gasteiger partial charge on any atom is 0.248 e. The minimum Gasteiger partial charge on any atom is -0.313 e. The second kappa shape index (κ2) is 9.67. The molecule has 0 spiro atoms. The van der Waals surface area contributed by atoms with Crippen LogP contribution in [0.2, 0.25) is 5.02 Å². The average Bonchev–Trinajstić information content (AvgIpc) is 3.04. The summed E-state index contributed by atoms with van der Waals surface area (Å²) in [5.74, 6) is -0.681. The van der Waals surface area contributed by atoms with Crippen molar-refractivity contribution in [1.29, 1.82) is 0 Å². The van der Waals surface area contributed by atoms with Crippen molar-refractivity contribution in [3.05, 3.63) is 64.9 Å². The number of aromatic nitrogens is 1. The predicted octanol–water partition coefficient (Wildman–Crippen LogP) is 2.87. The van der Waals surface area contributed by atoms with E-state index in [0.717, 1.165) is 11.3 Å². The van der Waals surface area contributed by atoms with Crippen LogP contribution in [0.4, 0.5) is 0 Å². The maximum absolute atomic E-state index is 12.4. The molecule has 3 rings (SSSR count). The lowest BCUT2D eigenvalue weighted by Gasteiger charge is -2.04. The summed E-state index contributed by atoms with van der Waals surface area (Å²) in [6.07, 6.45) is 1.68. The van der Waals surface area contributed by atoms with E-state index >= 15 is 0 Å². The number of amides is 1. The van der Waals surface area contributed by atoms with Gasteiger partial charge in [0.25, 0.3) is 0 Å². The number of thiazole rings is 1. The normalized spacial score (nSPS) is 12.9. The molecule has 8 nitrogen and oxygen atoms in total. The van der Waals surface area contributed by atoms with E-state index in [0.29, 0.717) is 26.6 Å². The van der Waals surface area contributed by atoms with E-state index in [2.05, 4.69) is 11.6 Å². The quantitative estimate of drug-likeness (QED) is 0.463. The standard InChI is InChI=1S/C20H20ClN3O5S3/c1-2-11-24-17-10-9-16(32(22,28)29)13-18(17)30-20(24)23-19(25)4-3-12-31(26,27)15-7-5-14(21)6-8-15/h2,5-10,13H,1,3-4,11-12H2,(H2,22,28,29). The maximum atomic E-state index is 12.4. The van der Waals surface area contributed by atoms with Crippen LogP contribution in [0, 0.1) is 0 Å². The first-order valence-electron chi connectivity index (χ1n) is 9.34. The van der Waals surface area contributed by atoms with Gasteiger partial charge in [-0.1, -0.05) is 29.0 Å². The first-order valence-corrected chi connectivity index (χ1v) is 13.7. The van der Waals surface area contributed by atoms with Crippen molar-refractivity contribution >= 4 is 58.9 Å². The zero-order chi connectivity index (χ0) is 23.5. The van der Waals surface area contributed by atoms with Gasteiger partial charge in [0.1, 0.15) is 0 Å². The highest BCUT2D eigenvalue weighted by Gasteiger charge is 2.16. The Hall–Kier alpha value is -2.31. The lowest BCUT2D eigenvalue weighted by Crippen LogP contribution is -2.16. The molecule has 0 bridgehead atoms. The number of allylic oxidation sites excluding steroid dienone is 1. The van der Waals surface area contributed by atoms with Gasteiger partial charge in [-0.25, -0.2) is 22.0 Å². The monoisotopic (exact) mass is 513 g/mol. The molecule has 32 heavy (non-hydrogen) atoms. The number of carbonyl (C=O) groups is 1. The SMILES string of the molecule is C=CCn1c(=NC(=O)CCCS(=O)(=O)c2ccc(Cl)cc2)sc2cc(S(N)(=O)=O)ccc21. The number of hydrogen-bond acceptors (Lipinski definition) is 6. The molecule has 170 valence electrons. The predicted molar refractivity (Wildman–Crippen MR) is 125 cm³/mol. The van der Waals surface area contributed by atoms with E-state index in [4.69, 9.17) is 16.7 Å². The van der Waals surface area contributed by atoms with E-state index in [1.54, 1.807) is 16.7 Å². The largest absolute Gasteiger partial charge is 0.313 e. The number of carbonyl (C=O) groups excluding carboxylic acids is 1. The number of benzene rings is 2. The third kappa shape index (κ3) is 5.73. The molecule has 3 aromatic rings. The second-order valence-electron chi connectivity index (χ2n) is 6.84. The summed E-state index contributed by atoms with van der Waals surface area (Å²) < 4.78 is 50.3. The van der Waals surface area contributed by atoms with E-state index in [1.165, 1.54) is 36.4 Å². The van der Waals surface area contributed by atoms with Gasteiger partial charge >= 0.3 is 0 Å². The molecule has 0 aliphatic rings. The molecular weight excluding hydrogens is 494 g/mol. The van der Waals surface area contributed by atoms with Crippen LogP contribution in [0.5, 0.6) is 0 Å². The third-order valence-corrected chi connectivity index (χ3v) is 8.51. The summed E-state index contributed by atoms with van der Waals surface area (Å²) in [6.45, 7) is 4.05. The Morgan fingerprint density at radius 3 is 2.41 bits per heavy atom. The molecular formula is C20H20ClN3O5S3. The number of halogens is 1. The van der Waals surface area contributed by atoms with Gasteiger partial charge in [-0.3, -0.25) is 4.79 Å². The highest BCUT2D eigenvalue weighted by atomic mass is 35.5. The van der Waals surface area contributed by atoms with Crippen LogP contribution >= 0.6 is 22.9 Å². The zero-order valence-electron chi connectivity index (χ0n) is 16.8. The fraction of sp³-hybridized carbons (Fsp3) is 0.200. The summed E-state index contributed by atoms with van der Waals surface area (Å²) in [6, 6.07) is 10.3. The van der Waals surface area contributed by atoms with Crippen LogP contribution in [-0.2, 0) is 31.2 Å². The molecule has 0 fully saturated rings. The van der Waals surface area contributed by atoms with Crippen LogP contribution < -0.4 is 9.94 Å². The van der Waals surface area contributed by atoms with E-state index < -0.39 is 25.8 Å². The Morgan fingerprint density at radius 2 is 1.78 bits per heavy atom. The molecule has 2 N–H and O–H groups in total. The molecule has 0 saturated heterocycles. The lowest BCUT2D eigenvalue weighted by molar-refractivity contribution is -0.118. The summed E-state index contributed by atoms with van der Waals surface area (Å²) in [4.78, 5) is 17.0. The van der Waals surface area contributed by atoms with Crippen molar-refractivity contribution in [3.8, 4) is 0 Å². The molecule has 0 atom stereocenters. The van der Waals surface area contributed by atoms with Crippen molar-refractivity contribution in [2.24, 2.45) is 10.1 Å². The van der Waals surface area contributed by atoms with Crippen molar-refractivity contribution in [2.45, 2.75) is 29.2 Å². The number of sulfonamides is 1. The zero-order valence-corrected chi connectivity index (χ0v) is 20.0. The number of fused-ring (bicyclic) bond motifs is 1. The first-order chi connectivity index (χ1) is 15.0. The van der Waals surface area contributed by atoms with Gasteiger partial charge in [0.05, 0.1) is 25.8 Å². The number of primary sulfonamides is 1. The van der Waals surface area contributed by atoms with E-state index in [-0.39, 0.29) is 28.4 Å². The Balaban J connectivity index is 1.81. The average molecular weight is 514 g/mol. The highest BCUT2D eigenvalue weighted by molar-refractivity contribution is 7.91. The molecule has 0 unspecified atom stereocenters. The third-order valence-electron chi connectivity index (χ3n) is 4.49. The van der Waals surface area contributed by atoms with Gasteiger partial charge < -0.3 is 4.57 Å². The summed E-state index contributed by atoms with van der Waals surface area (Å²) in [7, 11) is -7.41. The van der Waals surface area contributed by atoms with Crippen LogP contribution in [0.1, 0.15) is 12.8 Å². The van der Waals surface area contributed by atoms with Gasteiger partial charge in [-0.15, -0.1) is 6.58 Å². The number of nitrogens with zero attached hydrogens (tertiary/aromatic N) is 2. The van der Waals surface area contributed by atoms with Crippen molar-refractivity contribution < 1.29 is 21.6 Å². The number of nitrogens with two attached hydrogens (primary N) is 1. The minimum atomic E-state index is -3.87. The molecule has 12 heteroatoms. The van der Waals surface area contributed by atoms with Gasteiger partial charge in [-0.2, -0.15) is 4.99 Å². The van der Waals surface area contributed by atoms with Gasteiger partial charge in [0, 0.05) is 18.0 Å². The Morgan fingerprint density at radius 1 is 1.12 bits per heavy atom. The Kier molecular flexibility index (Phi) is 7.36. The molecule has 2 aromatic carbocycles. The number of hydrogen-bond donors (Lipinski definition) is 1. The van der Waals surface area contributed by atoms with Crippen molar-refractivity contribution in [1.82, 2.24) is 4.57 Å². The smallest absolute Gasteiger partial charge is 0.248 e. The Labute approximate surface area is 194 Å². The first kappa shape index (κ1) is 24.3. The van der Waals surface area contributed by atoms with Gasteiger partial charge in [-0.05, 0) is 48.9 Å². The number of sulfone groups is 1. The van der Waals surface area contributed by atoms with Gasteiger partial charge in [0.2, 0.25) is 15.9 Å². The molecule has 0 aliphatic carbocycles. The Bertz CT molecular complexity index is 1450. The second-order valence-corrected chi connectivity index (χ2v) is 12.0. The molecule has 0 aliphatic heterocycles. The van der Waals surface area contributed by atoms with E-state index in [1.807, 2.05) is 0 Å². The van der Waals surface area contributed by atoms with Crippen molar-refractivity contribution in [2.75, 3.05) is 5.75 Å². The highest BCUT2D eigenvalue weighted by Crippen LogP contribution is 2.21. The summed E-state index contributed by atoms with van der Waals surface area (Å²) >= 11 is 6.92. The van der Waals surface area contributed by atoms with Crippen LogP contribution in [0.25, 0.3) is 10.2 Å². The molecule has 1 aromatic heterocycles. The fourth-order valence-electron chi connectivity index (χ4n) is 2.96. The van der Waals surface area contributed by atoms with Crippen molar-refractivity contribution in [3.63, 3.8) is 0 Å². The van der Waals surface area contributed by atoms with Crippen LogP contribution in [-0.4, -0.2) is 33.1 Å². The molecule has 1 heterocycles. The minimum absolute atomic E-state index is 0.0396. The molecule has 0 saturated carbocycles. The van der Waals surface area contributed by atoms with E-state index in [9.17, 15) is 21.6 Å². The van der Waals surface area contributed by atoms with Gasteiger partial charge in [0.15, 0.2) is 14.6 Å². The lowest BCUT2D eigenvalue weighted by atomic mass is 10.3. The summed E-state index contributed by atoms with van der Waals surface area (Å²) in [5.41, 5.74) is 0.680. The topological polar surface area (TPSA) is 129 Å². The fourth-order valence-corrected chi connectivity index (χ4v) is 6.10. The molecule has 1 amide bonds.